The zero-order chi connectivity index (χ0) is 15.9. The molecule has 0 heterocycles. The molecule has 0 aliphatic rings. The molecule has 0 spiro atoms. The molecule has 114 valence electrons. The predicted octanol–water partition coefficient (Wildman–Crippen LogP) is 2.78. The summed E-state index contributed by atoms with van der Waals surface area (Å²) in [6.07, 6.45) is 0. The van der Waals surface area contributed by atoms with E-state index in [0.29, 0.717) is 11.5 Å². The Morgan fingerprint density at radius 3 is 2.45 bits per heavy atom. The minimum atomic E-state index is -1.07. The predicted molar refractivity (Wildman–Crippen MR) is 82.0 cm³/mol. The number of carboxylic acid groups (broad SMARTS) is 1. The molecular formula is C17H17NO4. The summed E-state index contributed by atoms with van der Waals surface area (Å²) in [6, 6.07) is 16.5. The van der Waals surface area contributed by atoms with Crippen LogP contribution in [0.5, 0.6) is 11.5 Å². The van der Waals surface area contributed by atoms with Gasteiger partial charge < -0.3 is 15.2 Å². The molecule has 1 atom stereocenters. The highest BCUT2D eigenvalue weighted by atomic mass is 16.5. The summed E-state index contributed by atoms with van der Waals surface area (Å²) in [5.74, 6) is -0.524. The number of ether oxygens (including phenoxy) is 1. The van der Waals surface area contributed by atoms with Gasteiger partial charge in [0.2, 0.25) is 5.91 Å². The minimum Gasteiger partial charge on any atom is -0.480 e. The normalized spacial score (nSPS) is 11.5. The van der Waals surface area contributed by atoms with Crippen molar-refractivity contribution in [2.75, 3.05) is 6.54 Å². The smallest absolute Gasteiger partial charge is 0.322 e. The quantitative estimate of drug-likeness (QED) is 0.860. The largest absolute Gasteiger partial charge is 0.480 e. The van der Waals surface area contributed by atoms with Crippen LogP contribution in [0, 0.1) is 0 Å². The second-order valence-electron chi connectivity index (χ2n) is 4.82. The topological polar surface area (TPSA) is 75.6 Å². The highest BCUT2D eigenvalue weighted by molar-refractivity contribution is 5.86. The van der Waals surface area contributed by atoms with E-state index in [4.69, 9.17) is 9.84 Å². The van der Waals surface area contributed by atoms with Crippen molar-refractivity contribution in [1.29, 1.82) is 0 Å². The maximum absolute atomic E-state index is 11.9. The lowest BCUT2D eigenvalue weighted by Crippen LogP contribution is -2.32. The molecule has 0 saturated carbocycles. The van der Waals surface area contributed by atoms with Crippen LogP contribution < -0.4 is 10.1 Å². The maximum atomic E-state index is 11.9. The first-order valence-electron chi connectivity index (χ1n) is 6.88. The van der Waals surface area contributed by atoms with E-state index in [2.05, 4.69) is 5.32 Å². The van der Waals surface area contributed by atoms with Gasteiger partial charge in [0.05, 0.1) is 5.92 Å². The lowest BCUT2D eigenvalue weighted by atomic mass is 10.00. The molecule has 0 bridgehead atoms. The number of carbonyl (C=O) groups is 2. The van der Waals surface area contributed by atoms with Crippen LogP contribution in [0.25, 0.3) is 0 Å². The first-order valence-corrected chi connectivity index (χ1v) is 6.88. The van der Waals surface area contributed by atoms with E-state index in [0.717, 1.165) is 5.56 Å². The van der Waals surface area contributed by atoms with Crippen molar-refractivity contribution >= 4 is 11.9 Å². The second-order valence-corrected chi connectivity index (χ2v) is 4.82. The Bertz CT molecular complexity index is 655. The summed E-state index contributed by atoms with van der Waals surface area (Å²) in [4.78, 5) is 22.4. The van der Waals surface area contributed by atoms with Crippen LogP contribution in [0.3, 0.4) is 0 Å². The van der Waals surface area contributed by atoms with E-state index in [1.54, 1.807) is 25.1 Å². The van der Waals surface area contributed by atoms with Crippen LogP contribution in [-0.2, 0) is 9.59 Å². The summed E-state index contributed by atoms with van der Waals surface area (Å²) >= 11 is 0. The second kappa shape index (κ2) is 7.26. The molecule has 2 aromatic rings. The summed E-state index contributed by atoms with van der Waals surface area (Å²) < 4.78 is 5.72. The van der Waals surface area contributed by atoms with Crippen LogP contribution in [0.2, 0.25) is 0 Å². The van der Waals surface area contributed by atoms with Crippen molar-refractivity contribution < 1.29 is 19.4 Å². The molecule has 2 aromatic carbocycles. The fourth-order valence-corrected chi connectivity index (χ4v) is 1.94. The molecule has 0 aliphatic heterocycles. The van der Waals surface area contributed by atoms with E-state index in [1.807, 2.05) is 36.4 Å². The monoisotopic (exact) mass is 299 g/mol. The van der Waals surface area contributed by atoms with Gasteiger partial charge in [-0.15, -0.1) is 0 Å². The molecule has 0 radical (unpaired) electrons. The average molecular weight is 299 g/mol. The van der Waals surface area contributed by atoms with Gasteiger partial charge in [0.15, 0.2) is 0 Å². The number of hydrogen-bond acceptors (Lipinski definition) is 3. The van der Waals surface area contributed by atoms with Crippen molar-refractivity contribution in [2.24, 2.45) is 0 Å². The Hall–Kier alpha value is -2.82. The number of carbonyl (C=O) groups excluding carboxylic acids is 1. The first kappa shape index (κ1) is 15.6. The number of amides is 1. The molecule has 1 amide bonds. The fraction of sp³-hybridized carbons (Fsp3) is 0.176. The van der Waals surface area contributed by atoms with Crippen LogP contribution in [0.15, 0.2) is 54.6 Å². The number of nitrogens with one attached hydrogen (secondary N) is 1. The number of carboxylic acids is 1. The molecule has 5 heteroatoms. The van der Waals surface area contributed by atoms with Crippen molar-refractivity contribution in [2.45, 2.75) is 12.8 Å². The number of benzene rings is 2. The number of rotatable bonds is 6. The van der Waals surface area contributed by atoms with E-state index < -0.39 is 11.9 Å². The summed E-state index contributed by atoms with van der Waals surface area (Å²) in [6.45, 7) is 1.34. The summed E-state index contributed by atoms with van der Waals surface area (Å²) in [7, 11) is 0. The zero-order valence-electron chi connectivity index (χ0n) is 12.2. The third kappa shape index (κ3) is 4.34. The van der Waals surface area contributed by atoms with Gasteiger partial charge in [-0.2, -0.15) is 0 Å². The summed E-state index contributed by atoms with van der Waals surface area (Å²) in [5, 5.41) is 11.0. The number of hydrogen-bond donors (Lipinski definition) is 2. The fourth-order valence-electron chi connectivity index (χ4n) is 1.94. The maximum Gasteiger partial charge on any atom is 0.322 e. The van der Waals surface area contributed by atoms with Crippen LogP contribution >= 0.6 is 0 Å². The third-order valence-electron chi connectivity index (χ3n) is 3.14. The lowest BCUT2D eigenvalue weighted by Gasteiger charge is -2.13. The van der Waals surface area contributed by atoms with Gasteiger partial charge in [-0.25, -0.2) is 0 Å². The van der Waals surface area contributed by atoms with Gasteiger partial charge in [0.1, 0.15) is 18.0 Å². The molecular weight excluding hydrogens is 282 g/mol. The van der Waals surface area contributed by atoms with Gasteiger partial charge in [-0.05, 0) is 36.8 Å². The Kier molecular flexibility index (Phi) is 5.14. The Morgan fingerprint density at radius 2 is 1.77 bits per heavy atom. The lowest BCUT2D eigenvalue weighted by molar-refractivity contribution is -0.138. The molecule has 5 nitrogen and oxygen atoms in total. The molecule has 1 unspecified atom stereocenters. The van der Waals surface area contributed by atoms with Crippen molar-refractivity contribution in [1.82, 2.24) is 5.32 Å². The zero-order valence-corrected chi connectivity index (χ0v) is 12.2. The summed E-state index contributed by atoms with van der Waals surface area (Å²) in [5.41, 5.74) is 0.760. The molecule has 2 N–H and O–H groups in total. The Morgan fingerprint density at radius 1 is 1.09 bits per heavy atom. The minimum absolute atomic E-state index is 0.334. The van der Waals surface area contributed by atoms with Crippen molar-refractivity contribution in [3.05, 3.63) is 60.2 Å². The van der Waals surface area contributed by atoms with Gasteiger partial charge in [-0.1, -0.05) is 30.3 Å². The number of para-hydroxylation sites is 1. The molecule has 2 rings (SSSR count). The third-order valence-corrected chi connectivity index (χ3v) is 3.14. The van der Waals surface area contributed by atoms with E-state index in [-0.39, 0.29) is 12.5 Å². The highest BCUT2D eigenvalue weighted by Crippen LogP contribution is 2.25. The van der Waals surface area contributed by atoms with Gasteiger partial charge in [0.25, 0.3) is 0 Å². The molecule has 0 saturated heterocycles. The molecule has 22 heavy (non-hydrogen) atoms. The Balaban J connectivity index is 2.07. The Labute approximate surface area is 128 Å². The molecule has 0 aliphatic carbocycles. The van der Waals surface area contributed by atoms with Crippen LogP contribution in [0.1, 0.15) is 18.4 Å². The molecule has 0 aromatic heterocycles. The van der Waals surface area contributed by atoms with E-state index >= 15 is 0 Å². The van der Waals surface area contributed by atoms with E-state index in [1.165, 1.54) is 0 Å². The van der Waals surface area contributed by atoms with Crippen molar-refractivity contribution in [3.8, 4) is 11.5 Å². The van der Waals surface area contributed by atoms with Gasteiger partial charge in [-0.3, -0.25) is 9.59 Å². The molecule has 0 fully saturated rings. The number of aliphatic carboxylic acids is 1. The van der Waals surface area contributed by atoms with Crippen molar-refractivity contribution in [3.63, 3.8) is 0 Å². The standard InChI is InChI=1S/C17H17NO4/c1-12(17(21)18-11-16(19)20)13-6-5-9-15(10-13)22-14-7-3-2-4-8-14/h2-10,12H,11H2,1H3,(H,18,21)(H,19,20). The van der Waals surface area contributed by atoms with Gasteiger partial charge in [0, 0.05) is 0 Å². The first-order chi connectivity index (χ1) is 10.6. The van der Waals surface area contributed by atoms with Crippen LogP contribution in [-0.4, -0.2) is 23.5 Å². The SMILES string of the molecule is CC(C(=O)NCC(=O)O)c1cccc(Oc2ccccc2)c1. The van der Waals surface area contributed by atoms with Crippen LogP contribution in [0.4, 0.5) is 0 Å². The van der Waals surface area contributed by atoms with Gasteiger partial charge >= 0.3 is 5.97 Å². The van der Waals surface area contributed by atoms with E-state index in [9.17, 15) is 9.59 Å². The average Bonchev–Trinajstić information content (AvgIpc) is 2.53. The highest BCUT2D eigenvalue weighted by Gasteiger charge is 2.16.